The van der Waals surface area contributed by atoms with Gasteiger partial charge in [0.2, 0.25) is 0 Å². The highest BCUT2D eigenvalue weighted by Crippen LogP contribution is 2.18. The molecule has 0 amide bonds. The van der Waals surface area contributed by atoms with Gasteiger partial charge in [-0.1, -0.05) is 13.3 Å². The molecule has 1 atom stereocenters. The van der Waals surface area contributed by atoms with Gasteiger partial charge < -0.3 is 14.8 Å². The summed E-state index contributed by atoms with van der Waals surface area (Å²) in [6.07, 6.45) is 2.35. The molecule has 0 aliphatic heterocycles. The number of rotatable bonds is 8. The summed E-state index contributed by atoms with van der Waals surface area (Å²) in [5.41, 5.74) is 0.989. The molecule has 0 aromatic heterocycles. The number of nitrogens with one attached hydrogen (secondary N) is 1. The number of carbonyl (C=O) groups excluding carboxylic acids is 1. The molecule has 1 unspecified atom stereocenters. The van der Waals surface area contributed by atoms with Gasteiger partial charge >= 0.3 is 5.97 Å². The van der Waals surface area contributed by atoms with Crippen molar-refractivity contribution in [2.45, 2.75) is 39.2 Å². The lowest BCUT2D eigenvalue weighted by Crippen LogP contribution is -2.24. The topological polar surface area (TPSA) is 47.6 Å². The lowest BCUT2D eigenvalue weighted by Gasteiger charge is -2.18. The first-order valence-corrected chi connectivity index (χ1v) is 6.75. The molecule has 0 aliphatic carbocycles. The molecule has 0 heterocycles. The monoisotopic (exact) mass is 265 g/mol. The van der Waals surface area contributed by atoms with Crippen LogP contribution in [0.4, 0.5) is 5.69 Å². The van der Waals surface area contributed by atoms with Gasteiger partial charge in [-0.15, -0.1) is 0 Å². The molecule has 106 valence electrons. The Labute approximate surface area is 115 Å². The first-order valence-electron chi connectivity index (χ1n) is 6.75. The number of hydrogen-bond donors (Lipinski definition) is 1. The summed E-state index contributed by atoms with van der Waals surface area (Å²) in [6, 6.07) is 7.81. The van der Waals surface area contributed by atoms with E-state index >= 15 is 0 Å². The number of esters is 1. The highest BCUT2D eigenvalue weighted by molar-refractivity contribution is 5.70. The van der Waals surface area contributed by atoms with E-state index in [1.54, 1.807) is 7.11 Å². The van der Waals surface area contributed by atoms with Crippen LogP contribution in [0.15, 0.2) is 24.3 Å². The average Bonchev–Trinajstić information content (AvgIpc) is 2.40. The summed E-state index contributed by atoms with van der Waals surface area (Å²) in [4.78, 5) is 11.5. The second-order valence-electron chi connectivity index (χ2n) is 4.37. The van der Waals surface area contributed by atoms with E-state index in [-0.39, 0.29) is 12.0 Å². The van der Waals surface area contributed by atoms with Crippen molar-refractivity contribution < 1.29 is 14.3 Å². The third kappa shape index (κ3) is 5.64. The molecule has 0 aliphatic rings. The number of methoxy groups -OCH3 is 1. The average molecular weight is 265 g/mol. The minimum atomic E-state index is -0.151. The number of ether oxygens (including phenoxy) is 2. The largest absolute Gasteiger partial charge is 0.497 e. The van der Waals surface area contributed by atoms with Crippen molar-refractivity contribution in [2.24, 2.45) is 0 Å². The third-order valence-electron chi connectivity index (χ3n) is 2.82. The van der Waals surface area contributed by atoms with Crippen LogP contribution in [-0.2, 0) is 9.53 Å². The fraction of sp³-hybridized carbons (Fsp3) is 0.533. The third-order valence-corrected chi connectivity index (χ3v) is 2.82. The Kier molecular flexibility index (Phi) is 6.79. The number of hydrogen-bond acceptors (Lipinski definition) is 4. The van der Waals surface area contributed by atoms with Gasteiger partial charge in [0.25, 0.3) is 0 Å². The van der Waals surface area contributed by atoms with Crippen LogP contribution in [0.25, 0.3) is 0 Å². The van der Waals surface area contributed by atoms with Gasteiger partial charge in [0.1, 0.15) is 5.75 Å². The molecule has 0 spiro atoms. The van der Waals surface area contributed by atoms with Crippen molar-refractivity contribution in [1.82, 2.24) is 0 Å². The second-order valence-corrected chi connectivity index (χ2v) is 4.37. The number of anilines is 1. The normalized spacial score (nSPS) is 11.7. The standard InChI is InChI=1S/C15H23NO3/c1-4-6-13(11-15(17)19-5-2)16-12-7-9-14(18-3)10-8-12/h7-10,13,16H,4-6,11H2,1-3H3. The van der Waals surface area contributed by atoms with Gasteiger partial charge in [0.05, 0.1) is 20.1 Å². The molecule has 0 saturated heterocycles. The van der Waals surface area contributed by atoms with E-state index in [0.29, 0.717) is 13.0 Å². The summed E-state index contributed by atoms with van der Waals surface area (Å²) >= 11 is 0. The Balaban J connectivity index is 2.58. The smallest absolute Gasteiger partial charge is 0.307 e. The number of benzene rings is 1. The van der Waals surface area contributed by atoms with Gasteiger partial charge in [-0.2, -0.15) is 0 Å². The summed E-state index contributed by atoms with van der Waals surface area (Å²) in [7, 11) is 1.64. The molecule has 1 rings (SSSR count). The van der Waals surface area contributed by atoms with Crippen LogP contribution < -0.4 is 10.1 Å². The van der Waals surface area contributed by atoms with E-state index < -0.39 is 0 Å². The first kappa shape index (κ1) is 15.3. The Morgan fingerprint density at radius 3 is 2.47 bits per heavy atom. The zero-order chi connectivity index (χ0) is 14.1. The molecule has 0 fully saturated rings. The Bertz CT molecular complexity index is 375. The minimum absolute atomic E-state index is 0.109. The van der Waals surface area contributed by atoms with Gasteiger partial charge in [-0.3, -0.25) is 4.79 Å². The van der Waals surface area contributed by atoms with Crippen LogP contribution in [0.2, 0.25) is 0 Å². The van der Waals surface area contributed by atoms with Crippen molar-refractivity contribution in [3.63, 3.8) is 0 Å². The van der Waals surface area contributed by atoms with E-state index in [0.717, 1.165) is 24.3 Å². The molecule has 0 radical (unpaired) electrons. The zero-order valence-corrected chi connectivity index (χ0v) is 11.9. The van der Waals surface area contributed by atoms with Crippen LogP contribution in [0.5, 0.6) is 5.75 Å². The van der Waals surface area contributed by atoms with Gasteiger partial charge in [0.15, 0.2) is 0 Å². The van der Waals surface area contributed by atoms with E-state index in [1.807, 2.05) is 31.2 Å². The van der Waals surface area contributed by atoms with E-state index in [1.165, 1.54) is 0 Å². The van der Waals surface area contributed by atoms with Crippen LogP contribution in [0.3, 0.4) is 0 Å². The van der Waals surface area contributed by atoms with Gasteiger partial charge in [0, 0.05) is 11.7 Å². The first-order chi connectivity index (χ1) is 9.19. The fourth-order valence-electron chi connectivity index (χ4n) is 1.92. The summed E-state index contributed by atoms with van der Waals surface area (Å²) < 4.78 is 10.1. The minimum Gasteiger partial charge on any atom is -0.497 e. The molecule has 1 N–H and O–H groups in total. The molecule has 0 bridgehead atoms. The maximum atomic E-state index is 11.5. The van der Waals surface area contributed by atoms with Crippen molar-refractivity contribution >= 4 is 11.7 Å². The zero-order valence-electron chi connectivity index (χ0n) is 11.9. The van der Waals surface area contributed by atoms with Crippen molar-refractivity contribution in [3.05, 3.63) is 24.3 Å². The van der Waals surface area contributed by atoms with Crippen LogP contribution in [0.1, 0.15) is 33.1 Å². The molecular weight excluding hydrogens is 242 g/mol. The molecular formula is C15H23NO3. The highest BCUT2D eigenvalue weighted by atomic mass is 16.5. The molecule has 1 aromatic rings. The van der Waals surface area contributed by atoms with Gasteiger partial charge in [-0.25, -0.2) is 0 Å². The Hall–Kier alpha value is -1.71. The molecule has 0 saturated carbocycles. The summed E-state index contributed by atoms with van der Waals surface area (Å²) in [5, 5.41) is 3.36. The second kappa shape index (κ2) is 8.40. The van der Waals surface area contributed by atoms with Crippen LogP contribution >= 0.6 is 0 Å². The lowest BCUT2D eigenvalue weighted by atomic mass is 10.1. The quantitative estimate of drug-likeness (QED) is 0.733. The highest BCUT2D eigenvalue weighted by Gasteiger charge is 2.13. The molecule has 4 heteroatoms. The van der Waals surface area contributed by atoms with Gasteiger partial charge in [-0.05, 0) is 37.6 Å². The molecule has 4 nitrogen and oxygen atoms in total. The predicted molar refractivity (Wildman–Crippen MR) is 76.6 cm³/mol. The van der Waals surface area contributed by atoms with Crippen molar-refractivity contribution in [3.8, 4) is 5.75 Å². The van der Waals surface area contributed by atoms with Crippen molar-refractivity contribution in [1.29, 1.82) is 0 Å². The summed E-state index contributed by atoms with van der Waals surface area (Å²) in [5.74, 6) is 0.671. The number of carbonyl (C=O) groups is 1. The SMILES string of the molecule is CCCC(CC(=O)OCC)Nc1ccc(OC)cc1. The van der Waals surface area contributed by atoms with Crippen molar-refractivity contribution in [2.75, 3.05) is 19.0 Å². The van der Waals surface area contributed by atoms with E-state index in [9.17, 15) is 4.79 Å². The van der Waals surface area contributed by atoms with Crippen LogP contribution in [-0.4, -0.2) is 25.7 Å². The molecule has 1 aromatic carbocycles. The summed E-state index contributed by atoms with van der Waals surface area (Å²) in [6.45, 7) is 4.36. The maximum absolute atomic E-state index is 11.5. The van der Waals surface area contributed by atoms with E-state index in [2.05, 4.69) is 12.2 Å². The Morgan fingerprint density at radius 2 is 1.95 bits per heavy atom. The lowest BCUT2D eigenvalue weighted by molar-refractivity contribution is -0.143. The maximum Gasteiger partial charge on any atom is 0.307 e. The predicted octanol–water partition coefficient (Wildman–Crippen LogP) is 3.23. The van der Waals surface area contributed by atoms with E-state index in [4.69, 9.17) is 9.47 Å². The molecule has 19 heavy (non-hydrogen) atoms. The van der Waals surface area contributed by atoms with Crippen LogP contribution in [0, 0.1) is 0 Å². The fourth-order valence-corrected chi connectivity index (χ4v) is 1.92. The Morgan fingerprint density at radius 1 is 1.26 bits per heavy atom.